The molecule has 0 aromatic heterocycles. The topological polar surface area (TPSA) is 37.3 Å². The summed E-state index contributed by atoms with van der Waals surface area (Å²) in [6, 6.07) is 0. The van der Waals surface area contributed by atoms with E-state index in [2.05, 4.69) is 0 Å². The van der Waals surface area contributed by atoms with Crippen molar-refractivity contribution >= 4 is 5.78 Å². The average molecular weight is 152 g/mol. The van der Waals surface area contributed by atoms with E-state index in [0.717, 1.165) is 0 Å². The van der Waals surface area contributed by atoms with Crippen LogP contribution in [-0.4, -0.2) is 17.0 Å². The maximum absolute atomic E-state index is 11.0. The van der Waals surface area contributed by atoms with Gasteiger partial charge in [0.15, 0.2) is 5.78 Å². The number of rotatable bonds is 2. The summed E-state index contributed by atoms with van der Waals surface area (Å²) < 4.78 is 0. The summed E-state index contributed by atoms with van der Waals surface area (Å²) in [4.78, 5) is 11.0. The number of allylic oxidation sites excluding steroid dienone is 3. The summed E-state index contributed by atoms with van der Waals surface area (Å²) in [5.41, 5.74) is 0. The van der Waals surface area contributed by atoms with Crippen LogP contribution in [-0.2, 0) is 4.79 Å². The van der Waals surface area contributed by atoms with E-state index in [1.54, 1.807) is 6.08 Å². The van der Waals surface area contributed by atoms with Gasteiger partial charge >= 0.3 is 0 Å². The van der Waals surface area contributed by atoms with Gasteiger partial charge in [0.05, 0.1) is 12.0 Å². The molecule has 60 valence electrons. The highest BCUT2D eigenvalue weighted by Crippen LogP contribution is 2.19. The third kappa shape index (κ3) is 1.77. The largest absolute Gasteiger partial charge is 0.388 e. The molecule has 0 bridgehead atoms. The molecule has 0 saturated carbocycles. The molecule has 0 aromatic carbocycles. The summed E-state index contributed by atoms with van der Waals surface area (Å²) in [7, 11) is 0. The second kappa shape index (κ2) is 3.49. The molecule has 2 unspecified atom stereocenters. The monoisotopic (exact) mass is 152 g/mol. The first-order valence-electron chi connectivity index (χ1n) is 3.77. The molecular weight excluding hydrogens is 140 g/mol. The van der Waals surface area contributed by atoms with Crippen LogP contribution < -0.4 is 0 Å². The highest BCUT2D eigenvalue weighted by molar-refractivity contribution is 5.95. The molecule has 0 fully saturated rings. The minimum Gasteiger partial charge on any atom is -0.388 e. The van der Waals surface area contributed by atoms with Crippen LogP contribution in [0.1, 0.15) is 13.3 Å². The first-order valence-corrected chi connectivity index (χ1v) is 3.77. The molecule has 2 atom stereocenters. The predicted molar refractivity (Wildman–Crippen MR) is 43.1 cm³/mol. The van der Waals surface area contributed by atoms with Crippen LogP contribution in [0.5, 0.6) is 0 Å². The Morgan fingerprint density at radius 1 is 1.73 bits per heavy atom. The van der Waals surface area contributed by atoms with Crippen LogP contribution in [0.4, 0.5) is 0 Å². The lowest BCUT2D eigenvalue weighted by Crippen LogP contribution is -2.18. The summed E-state index contributed by atoms with van der Waals surface area (Å²) >= 11 is 0. The van der Waals surface area contributed by atoms with E-state index in [1.165, 1.54) is 6.08 Å². The molecule has 2 nitrogen and oxygen atoms in total. The molecule has 2 heteroatoms. The van der Waals surface area contributed by atoms with Crippen molar-refractivity contribution in [2.24, 2.45) is 5.92 Å². The smallest absolute Gasteiger partial charge is 0.161 e. The van der Waals surface area contributed by atoms with Crippen LogP contribution in [0.25, 0.3) is 0 Å². The van der Waals surface area contributed by atoms with Crippen LogP contribution in [0.3, 0.4) is 0 Å². The van der Waals surface area contributed by atoms with Crippen molar-refractivity contribution in [2.75, 3.05) is 0 Å². The van der Waals surface area contributed by atoms with E-state index in [4.69, 9.17) is 0 Å². The molecule has 0 aliphatic heterocycles. The Labute approximate surface area is 66.2 Å². The summed E-state index contributed by atoms with van der Waals surface area (Å²) in [6.07, 6.45) is 6.87. The highest BCUT2D eigenvalue weighted by Gasteiger charge is 2.26. The highest BCUT2D eigenvalue weighted by atomic mass is 16.3. The van der Waals surface area contributed by atoms with Crippen molar-refractivity contribution in [1.82, 2.24) is 0 Å². The van der Waals surface area contributed by atoms with Gasteiger partial charge in [-0.2, -0.15) is 0 Å². The van der Waals surface area contributed by atoms with Gasteiger partial charge in [-0.3, -0.25) is 4.79 Å². The molecule has 11 heavy (non-hydrogen) atoms. The van der Waals surface area contributed by atoms with Crippen LogP contribution in [0.15, 0.2) is 24.3 Å². The first kappa shape index (κ1) is 8.21. The number of carbonyl (C=O) groups excluding carboxylic acids is 1. The maximum Gasteiger partial charge on any atom is 0.161 e. The standard InChI is InChI=1S/C9H12O2/c1-2-3-4-7-8(10)5-6-9(7)11/h2-3,5-8,10H,4H2,1H3/b3-2+. The Bertz CT molecular complexity index is 204. The first-order chi connectivity index (χ1) is 5.25. The predicted octanol–water partition coefficient (Wildman–Crippen LogP) is 1.07. The van der Waals surface area contributed by atoms with Crippen molar-refractivity contribution in [1.29, 1.82) is 0 Å². The Morgan fingerprint density at radius 3 is 2.91 bits per heavy atom. The van der Waals surface area contributed by atoms with Crippen molar-refractivity contribution in [3.05, 3.63) is 24.3 Å². The summed E-state index contributed by atoms with van der Waals surface area (Å²) in [5.74, 6) is -0.193. The van der Waals surface area contributed by atoms with Crippen molar-refractivity contribution in [3.8, 4) is 0 Å². The fourth-order valence-electron chi connectivity index (χ4n) is 1.16. The number of hydrogen-bond acceptors (Lipinski definition) is 2. The number of aliphatic hydroxyl groups is 1. The van der Waals surface area contributed by atoms with Gasteiger partial charge in [-0.05, 0) is 19.4 Å². The van der Waals surface area contributed by atoms with Crippen LogP contribution in [0, 0.1) is 5.92 Å². The zero-order chi connectivity index (χ0) is 8.27. The maximum atomic E-state index is 11.0. The fourth-order valence-corrected chi connectivity index (χ4v) is 1.16. The minimum atomic E-state index is -0.571. The minimum absolute atomic E-state index is 0.0376. The van der Waals surface area contributed by atoms with Gasteiger partial charge in [0.25, 0.3) is 0 Å². The zero-order valence-corrected chi connectivity index (χ0v) is 6.53. The fraction of sp³-hybridized carbons (Fsp3) is 0.444. The second-order valence-corrected chi connectivity index (χ2v) is 2.66. The lowest BCUT2D eigenvalue weighted by molar-refractivity contribution is -0.119. The third-order valence-electron chi connectivity index (χ3n) is 1.86. The third-order valence-corrected chi connectivity index (χ3v) is 1.86. The van der Waals surface area contributed by atoms with E-state index < -0.39 is 6.10 Å². The molecular formula is C9H12O2. The van der Waals surface area contributed by atoms with E-state index in [-0.39, 0.29) is 11.7 Å². The van der Waals surface area contributed by atoms with Gasteiger partial charge in [0.2, 0.25) is 0 Å². The van der Waals surface area contributed by atoms with Crippen LogP contribution in [0.2, 0.25) is 0 Å². The van der Waals surface area contributed by atoms with Gasteiger partial charge in [-0.15, -0.1) is 0 Å². The number of ketones is 1. The van der Waals surface area contributed by atoms with Gasteiger partial charge < -0.3 is 5.11 Å². The normalized spacial score (nSPS) is 30.5. The van der Waals surface area contributed by atoms with E-state index >= 15 is 0 Å². The average Bonchev–Trinajstić information content (AvgIpc) is 2.29. The Kier molecular flexibility index (Phi) is 2.60. The lowest BCUT2D eigenvalue weighted by Gasteiger charge is -2.08. The summed E-state index contributed by atoms with van der Waals surface area (Å²) in [6.45, 7) is 1.90. The van der Waals surface area contributed by atoms with Gasteiger partial charge in [0.1, 0.15) is 0 Å². The quantitative estimate of drug-likeness (QED) is 0.601. The molecule has 0 aromatic rings. The number of aliphatic hydroxyl groups excluding tert-OH is 1. The Morgan fingerprint density at radius 2 is 2.45 bits per heavy atom. The molecule has 1 aliphatic rings. The number of carbonyl (C=O) groups is 1. The Balaban J connectivity index is 2.52. The van der Waals surface area contributed by atoms with Crippen LogP contribution >= 0.6 is 0 Å². The number of hydrogen-bond donors (Lipinski definition) is 1. The molecule has 1 N–H and O–H groups in total. The second-order valence-electron chi connectivity index (χ2n) is 2.66. The SMILES string of the molecule is C/C=C/CC1C(=O)C=CC1O. The van der Waals surface area contributed by atoms with Gasteiger partial charge in [-0.25, -0.2) is 0 Å². The lowest BCUT2D eigenvalue weighted by atomic mass is 10.00. The van der Waals surface area contributed by atoms with Crippen molar-refractivity contribution in [3.63, 3.8) is 0 Å². The zero-order valence-electron chi connectivity index (χ0n) is 6.53. The van der Waals surface area contributed by atoms with Gasteiger partial charge in [0, 0.05) is 0 Å². The van der Waals surface area contributed by atoms with Gasteiger partial charge in [-0.1, -0.05) is 18.2 Å². The molecule has 0 saturated heterocycles. The van der Waals surface area contributed by atoms with Crippen molar-refractivity contribution in [2.45, 2.75) is 19.4 Å². The van der Waals surface area contributed by atoms with E-state index in [1.807, 2.05) is 19.1 Å². The summed E-state index contributed by atoms with van der Waals surface area (Å²) in [5, 5.41) is 9.24. The molecule has 0 amide bonds. The molecule has 1 rings (SSSR count). The molecule has 0 radical (unpaired) electrons. The molecule has 0 heterocycles. The van der Waals surface area contributed by atoms with E-state index in [0.29, 0.717) is 6.42 Å². The van der Waals surface area contributed by atoms with Crippen molar-refractivity contribution < 1.29 is 9.90 Å². The Hall–Kier alpha value is -0.890. The van der Waals surface area contributed by atoms with E-state index in [9.17, 15) is 9.90 Å². The molecule has 0 spiro atoms. The molecule has 1 aliphatic carbocycles.